The number of pyridine rings is 1. The van der Waals surface area contributed by atoms with Gasteiger partial charge in [0.15, 0.2) is 0 Å². The van der Waals surface area contributed by atoms with Crippen molar-refractivity contribution >= 4 is 28.7 Å². The van der Waals surface area contributed by atoms with Crippen LogP contribution in [-0.4, -0.2) is 59.0 Å². The second-order valence-electron chi connectivity index (χ2n) is 7.95. The number of aromatic nitrogens is 2. The maximum Gasteiger partial charge on any atom is 0.246 e. The molecule has 1 atom stereocenters. The molecule has 0 radical (unpaired) electrons. The molecule has 3 aromatic rings. The summed E-state index contributed by atoms with van der Waals surface area (Å²) in [6.45, 7) is 6.01. The van der Waals surface area contributed by atoms with E-state index in [1.807, 2.05) is 44.4 Å². The van der Waals surface area contributed by atoms with E-state index in [0.29, 0.717) is 5.82 Å². The van der Waals surface area contributed by atoms with Crippen molar-refractivity contribution < 1.29 is 9.53 Å². The number of amides is 1. The summed E-state index contributed by atoms with van der Waals surface area (Å²) in [6, 6.07) is 10.1. The van der Waals surface area contributed by atoms with Crippen LogP contribution in [-0.2, 0) is 16.1 Å². The van der Waals surface area contributed by atoms with Crippen molar-refractivity contribution in [3.63, 3.8) is 0 Å². The topological polar surface area (TPSA) is 87.5 Å². The van der Waals surface area contributed by atoms with Gasteiger partial charge in [-0.25, -0.2) is 4.98 Å². The summed E-state index contributed by atoms with van der Waals surface area (Å²) in [5, 5.41) is 1.13. The number of para-hydroxylation sites is 1. The van der Waals surface area contributed by atoms with Gasteiger partial charge < -0.3 is 20.4 Å². The monoisotopic (exact) mass is 419 g/mol. The maximum atomic E-state index is 12.8. The number of morpholine rings is 1. The highest BCUT2D eigenvalue weighted by Gasteiger charge is 2.18. The van der Waals surface area contributed by atoms with Gasteiger partial charge >= 0.3 is 0 Å². The molecular formula is C24H29N5O2. The van der Waals surface area contributed by atoms with Gasteiger partial charge in [-0.15, -0.1) is 0 Å². The lowest BCUT2D eigenvalue weighted by Gasteiger charge is -2.26. The van der Waals surface area contributed by atoms with E-state index >= 15 is 0 Å². The smallest absolute Gasteiger partial charge is 0.246 e. The third-order valence-corrected chi connectivity index (χ3v) is 5.94. The van der Waals surface area contributed by atoms with Crippen LogP contribution in [0.5, 0.6) is 0 Å². The molecule has 31 heavy (non-hydrogen) atoms. The predicted molar refractivity (Wildman–Crippen MR) is 123 cm³/mol. The number of anilines is 1. The van der Waals surface area contributed by atoms with Gasteiger partial charge in [0, 0.05) is 61.6 Å². The number of fused-ring (bicyclic) bond motifs is 1. The Hall–Kier alpha value is -3.16. The van der Waals surface area contributed by atoms with E-state index in [-0.39, 0.29) is 11.9 Å². The molecule has 4 rings (SSSR count). The van der Waals surface area contributed by atoms with E-state index in [0.717, 1.165) is 60.4 Å². The van der Waals surface area contributed by atoms with Crippen molar-refractivity contribution in [1.29, 1.82) is 0 Å². The number of hydrogen-bond acceptors (Lipinski definition) is 5. The number of H-pyrrole nitrogens is 1. The van der Waals surface area contributed by atoms with Crippen LogP contribution >= 0.6 is 0 Å². The van der Waals surface area contributed by atoms with Crippen LogP contribution in [0.2, 0.25) is 0 Å². The van der Waals surface area contributed by atoms with Gasteiger partial charge in [0.25, 0.3) is 0 Å². The minimum Gasteiger partial charge on any atom is -0.383 e. The summed E-state index contributed by atoms with van der Waals surface area (Å²) in [5.41, 5.74) is 10.1. The Morgan fingerprint density at radius 3 is 2.94 bits per heavy atom. The molecule has 1 amide bonds. The highest BCUT2D eigenvalue weighted by Crippen LogP contribution is 2.27. The first-order valence-electron chi connectivity index (χ1n) is 10.6. The first kappa shape index (κ1) is 21.1. The number of aromatic amines is 1. The Morgan fingerprint density at radius 1 is 1.35 bits per heavy atom. The minimum atomic E-state index is -0.0654. The molecular weight excluding hydrogens is 390 g/mol. The fraction of sp³-hybridized carbons (Fsp3) is 0.333. The lowest BCUT2D eigenvalue weighted by molar-refractivity contribution is -0.126. The Morgan fingerprint density at radius 2 is 2.13 bits per heavy atom. The molecule has 1 saturated heterocycles. The number of ether oxygens (including phenoxy) is 1. The summed E-state index contributed by atoms with van der Waals surface area (Å²) in [4.78, 5) is 24.5. The zero-order valence-corrected chi connectivity index (χ0v) is 18.0. The molecule has 3 N–H and O–H groups in total. The average molecular weight is 420 g/mol. The molecule has 7 heteroatoms. The van der Waals surface area contributed by atoms with Gasteiger partial charge in [0.2, 0.25) is 5.91 Å². The standard InChI is InChI=1S/C24H29N5O2/c1-17(21-15-26-22-6-4-3-5-20(21)22)28(2)23(30)8-7-18-13-19(24(25)27-14-18)16-29-9-11-31-12-10-29/h3-8,13-15,17,26H,9-12,16H2,1-2H3,(H2,25,27)/b8-7+. The Kier molecular flexibility index (Phi) is 6.34. The largest absolute Gasteiger partial charge is 0.383 e. The molecule has 0 bridgehead atoms. The van der Waals surface area contributed by atoms with E-state index in [4.69, 9.17) is 10.5 Å². The van der Waals surface area contributed by atoms with Crippen molar-refractivity contribution in [2.24, 2.45) is 0 Å². The van der Waals surface area contributed by atoms with Gasteiger partial charge in [0.05, 0.1) is 19.3 Å². The Bertz CT molecular complexity index is 1080. The van der Waals surface area contributed by atoms with Crippen molar-refractivity contribution in [3.8, 4) is 0 Å². The lowest BCUT2D eigenvalue weighted by atomic mass is 10.1. The van der Waals surface area contributed by atoms with Crippen LogP contribution in [0.25, 0.3) is 17.0 Å². The van der Waals surface area contributed by atoms with E-state index in [1.165, 1.54) is 0 Å². The number of nitrogens with zero attached hydrogens (tertiary/aromatic N) is 3. The highest BCUT2D eigenvalue weighted by molar-refractivity contribution is 5.92. The number of rotatable bonds is 6. The van der Waals surface area contributed by atoms with Crippen LogP contribution in [0, 0.1) is 0 Å². The first-order valence-corrected chi connectivity index (χ1v) is 10.6. The summed E-state index contributed by atoms with van der Waals surface area (Å²) in [7, 11) is 1.82. The van der Waals surface area contributed by atoms with Crippen molar-refractivity contribution in [3.05, 3.63) is 65.5 Å². The normalized spacial score (nSPS) is 16.1. The number of nitrogen functional groups attached to an aromatic ring is 1. The molecule has 1 aliphatic heterocycles. The fourth-order valence-corrected chi connectivity index (χ4v) is 3.88. The summed E-state index contributed by atoms with van der Waals surface area (Å²) < 4.78 is 5.40. The Balaban J connectivity index is 1.45. The second kappa shape index (κ2) is 9.32. The number of likely N-dealkylation sites (N-methyl/N-ethyl adjacent to an activating group) is 1. The zero-order chi connectivity index (χ0) is 21.8. The third kappa shape index (κ3) is 4.78. The molecule has 1 fully saturated rings. The maximum absolute atomic E-state index is 12.8. The zero-order valence-electron chi connectivity index (χ0n) is 18.0. The quantitative estimate of drug-likeness (QED) is 0.599. The van der Waals surface area contributed by atoms with E-state index in [1.54, 1.807) is 23.2 Å². The number of nitrogens with one attached hydrogen (secondary N) is 1. The van der Waals surface area contributed by atoms with Gasteiger partial charge in [-0.2, -0.15) is 0 Å². The van der Waals surface area contributed by atoms with Crippen LogP contribution in [0.1, 0.15) is 29.7 Å². The summed E-state index contributed by atoms with van der Waals surface area (Å²) in [6.07, 6.45) is 7.07. The van der Waals surface area contributed by atoms with Crippen LogP contribution < -0.4 is 5.73 Å². The molecule has 2 aromatic heterocycles. The molecule has 0 spiro atoms. The summed E-state index contributed by atoms with van der Waals surface area (Å²) >= 11 is 0. The molecule has 0 aliphatic carbocycles. The number of carbonyl (C=O) groups excluding carboxylic acids is 1. The Labute approximate surface area is 182 Å². The molecule has 1 aromatic carbocycles. The van der Waals surface area contributed by atoms with E-state index in [2.05, 4.69) is 20.9 Å². The first-order chi connectivity index (χ1) is 15.0. The summed E-state index contributed by atoms with van der Waals surface area (Å²) in [5.74, 6) is 0.462. The van der Waals surface area contributed by atoms with Crippen LogP contribution in [0.3, 0.4) is 0 Å². The average Bonchev–Trinajstić information content (AvgIpc) is 3.23. The van der Waals surface area contributed by atoms with Gasteiger partial charge in [-0.1, -0.05) is 18.2 Å². The molecule has 162 valence electrons. The van der Waals surface area contributed by atoms with Gasteiger partial charge in [-0.3, -0.25) is 9.69 Å². The molecule has 0 saturated carbocycles. The molecule has 7 nitrogen and oxygen atoms in total. The van der Waals surface area contributed by atoms with Crippen LogP contribution in [0.4, 0.5) is 5.82 Å². The number of nitrogens with two attached hydrogens (primary N) is 1. The lowest BCUT2D eigenvalue weighted by Crippen LogP contribution is -2.35. The van der Waals surface area contributed by atoms with Crippen molar-refractivity contribution in [2.45, 2.75) is 19.5 Å². The number of benzene rings is 1. The van der Waals surface area contributed by atoms with E-state index in [9.17, 15) is 4.79 Å². The van der Waals surface area contributed by atoms with Gasteiger partial charge in [0.1, 0.15) is 5.82 Å². The highest BCUT2D eigenvalue weighted by atomic mass is 16.5. The van der Waals surface area contributed by atoms with E-state index < -0.39 is 0 Å². The third-order valence-electron chi connectivity index (χ3n) is 5.94. The fourth-order valence-electron chi connectivity index (χ4n) is 3.88. The molecule has 1 aliphatic rings. The predicted octanol–water partition coefficient (Wildman–Crippen LogP) is 3.21. The molecule has 3 heterocycles. The molecule has 1 unspecified atom stereocenters. The minimum absolute atomic E-state index is 0.0604. The second-order valence-corrected chi connectivity index (χ2v) is 7.95. The van der Waals surface area contributed by atoms with Crippen LogP contribution in [0.15, 0.2) is 48.8 Å². The van der Waals surface area contributed by atoms with Gasteiger partial charge in [-0.05, 0) is 36.3 Å². The van der Waals surface area contributed by atoms with Crippen molar-refractivity contribution in [2.75, 3.05) is 39.1 Å². The number of hydrogen-bond donors (Lipinski definition) is 2. The SMILES string of the molecule is CC(c1c[nH]c2ccccc12)N(C)C(=O)/C=C/c1cnc(N)c(CN2CCOCC2)c1. The van der Waals surface area contributed by atoms with Crippen molar-refractivity contribution in [1.82, 2.24) is 19.8 Å². The number of carbonyl (C=O) groups is 1.